The molecule has 0 amide bonds. The van der Waals surface area contributed by atoms with E-state index in [9.17, 15) is 18.4 Å². The lowest BCUT2D eigenvalue weighted by atomic mass is 9.89. The van der Waals surface area contributed by atoms with Crippen molar-refractivity contribution in [2.24, 2.45) is 5.41 Å². The molecule has 10 heteroatoms. The summed E-state index contributed by atoms with van der Waals surface area (Å²) in [6, 6.07) is 20.6. The van der Waals surface area contributed by atoms with Crippen molar-refractivity contribution >= 4 is 20.0 Å². The van der Waals surface area contributed by atoms with Gasteiger partial charge in [0.1, 0.15) is 18.8 Å². The molecule has 1 heterocycles. The Hall–Kier alpha value is -2.92. The van der Waals surface area contributed by atoms with Crippen LogP contribution >= 0.6 is 0 Å². The van der Waals surface area contributed by atoms with Gasteiger partial charge in [0, 0.05) is 26.7 Å². The molecule has 44 heavy (non-hydrogen) atoms. The van der Waals surface area contributed by atoms with Crippen molar-refractivity contribution < 1.29 is 32.6 Å². The van der Waals surface area contributed by atoms with E-state index in [4.69, 9.17) is 9.47 Å². The van der Waals surface area contributed by atoms with Gasteiger partial charge in [0.2, 0.25) is 0 Å². The second-order valence-electron chi connectivity index (χ2n) is 12.0. The fourth-order valence-electron chi connectivity index (χ4n) is 4.68. The average molecular weight is 635 g/mol. The van der Waals surface area contributed by atoms with Gasteiger partial charge in [0.05, 0.1) is 33.6 Å². The van der Waals surface area contributed by atoms with E-state index in [1.54, 1.807) is 21.0 Å². The number of hydrogen-bond donors (Lipinski definition) is 0. The van der Waals surface area contributed by atoms with Crippen LogP contribution in [0, 0.1) is 5.41 Å². The van der Waals surface area contributed by atoms with E-state index in [0.717, 1.165) is 26.4 Å². The minimum absolute atomic E-state index is 0.128. The molecule has 0 spiro atoms. The minimum Gasteiger partial charge on any atom is -0.465 e. The Bertz CT molecular complexity index is 1100. The van der Waals surface area contributed by atoms with Gasteiger partial charge in [-0.1, -0.05) is 86.9 Å². The summed E-state index contributed by atoms with van der Waals surface area (Å²) in [4.78, 5) is 26.8. The van der Waals surface area contributed by atoms with Crippen LogP contribution in [0.2, 0.25) is 19.6 Å². The summed E-state index contributed by atoms with van der Waals surface area (Å²) in [5.41, 5.74) is 1.46. The SMILES string of the molecule is C=C(CF)C(=O)OCC.CCOC(=O)C1(CF)CCN(Cc2ccccc2)C1.COCN(Cc1ccccc1)C[Si](C)(C)C. The average Bonchev–Trinajstić information content (AvgIpc) is 3.42. The molecule has 1 atom stereocenters. The molecule has 3 rings (SSSR count). The Morgan fingerprint density at radius 2 is 1.52 bits per heavy atom. The van der Waals surface area contributed by atoms with E-state index >= 15 is 0 Å². The lowest BCUT2D eigenvalue weighted by Gasteiger charge is -2.28. The molecule has 1 aliphatic heterocycles. The molecule has 2 aromatic rings. The third-order valence-corrected chi connectivity index (χ3v) is 8.03. The number of benzene rings is 2. The van der Waals surface area contributed by atoms with Gasteiger partial charge < -0.3 is 14.2 Å². The molecule has 0 aromatic heterocycles. The first-order valence-corrected chi connectivity index (χ1v) is 18.8. The smallest absolute Gasteiger partial charge is 0.336 e. The molecule has 1 aliphatic rings. The fourth-order valence-corrected chi connectivity index (χ4v) is 6.22. The summed E-state index contributed by atoms with van der Waals surface area (Å²) < 4.78 is 39.6. The number of likely N-dealkylation sites (tertiary alicyclic amines) is 1. The van der Waals surface area contributed by atoms with Gasteiger partial charge in [0.15, 0.2) is 0 Å². The van der Waals surface area contributed by atoms with Gasteiger partial charge >= 0.3 is 11.9 Å². The van der Waals surface area contributed by atoms with E-state index in [1.165, 1.54) is 17.3 Å². The van der Waals surface area contributed by atoms with E-state index in [0.29, 0.717) is 19.6 Å². The van der Waals surface area contributed by atoms with Crippen LogP contribution in [0.5, 0.6) is 0 Å². The first-order valence-electron chi connectivity index (χ1n) is 15.1. The minimum atomic E-state index is -1.07. The molecule has 0 N–H and O–H groups in total. The number of rotatable bonds is 14. The van der Waals surface area contributed by atoms with E-state index in [1.807, 2.05) is 30.3 Å². The van der Waals surface area contributed by atoms with Gasteiger partial charge in [-0.15, -0.1) is 0 Å². The second-order valence-corrected chi connectivity index (χ2v) is 17.4. The zero-order valence-electron chi connectivity index (χ0n) is 27.5. The van der Waals surface area contributed by atoms with Crippen molar-refractivity contribution in [1.29, 1.82) is 0 Å². The summed E-state index contributed by atoms with van der Waals surface area (Å²) in [6.45, 7) is 16.4. The number of nitrogens with zero attached hydrogens (tertiary/aromatic N) is 2. The fraction of sp³-hybridized carbons (Fsp3) is 0.529. The van der Waals surface area contributed by atoms with E-state index < -0.39 is 38.8 Å². The molecule has 7 nitrogen and oxygen atoms in total. The highest BCUT2D eigenvalue weighted by atomic mass is 28.3. The molecule has 0 radical (unpaired) electrons. The molecule has 2 aromatic carbocycles. The molecule has 1 fully saturated rings. The lowest BCUT2D eigenvalue weighted by molar-refractivity contribution is -0.155. The Labute approximate surface area is 264 Å². The van der Waals surface area contributed by atoms with Crippen molar-refractivity contribution in [3.8, 4) is 0 Å². The number of halogens is 2. The molecular weight excluding hydrogens is 582 g/mol. The van der Waals surface area contributed by atoms with Gasteiger partial charge in [-0.2, -0.15) is 0 Å². The van der Waals surface area contributed by atoms with Crippen LogP contribution in [0.15, 0.2) is 72.8 Å². The predicted molar refractivity (Wildman–Crippen MR) is 175 cm³/mol. The highest BCUT2D eigenvalue weighted by Crippen LogP contribution is 2.33. The molecule has 0 aliphatic carbocycles. The molecular formula is C34H52F2N2O5Si. The summed E-state index contributed by atoms with van der Waals surface area (Å²) in [6.07, 6.45) is 1.71. The lowest BCUT2D eigenvalue weighted by Crippen LogP contribution is -2.40. The van der Waals surface area contributed by atoms with E-state index in [2.05, 4.69) is 71.1 Å². The number of carbonyl (C=O) groups excluding carboxylic acids is 2. The highest BCUT2D eigenvalue weighted by Gasteiger charge is 2.46. The van der Waals surface area contributed by atoms with Crippen molar-refractivity contribution in [2.75, 3.05) is 59.7 Å². The van der Waals surface area contributed by atoms with Crippen LogP contribution in [0.4, 0.5) is 8.78 Å². The number of esters is 2. The molecule has 246 valence electrons. The first kappa shape index (κ1) is 39.1. The number of alkyl halides is 2. The Balaban J connectivity index is 0.000000352. The number of ether oxygens (including phenoxy) is 3. The van der Waals surface area contributed by atoms with E-state index in [-0.39, 0.29) is 12.2 Å². The quantitative estimate of drug-likeness (QED) is 0.102. The van der Waals surface area contributed by atoms with Gasteiger partial charge in [-0.25, -0.2) is 13.6 Å². The van der Waals surface area contributed by atoms with Crippen LogP contribution in [-0.4, -0.2) is 89.5 Å². The maximum Gasteiger partial charge on any atom is 0.336 e. The van der Waals surface area contributed by atoms with Crippen LogP contribution in [-0.2, 0) is 36.9 Å². The van der Waals surface area contributed by atoms with Crippen LogP contribution in [0.25, 0.3) is 0 Å². The van der Waals surface area contributed by atoms with Gasteiger partial charge in [-0.05, 0) is 44.1 Å². The number of carbonyl (C=O) groups is 2. The van der Waals surface area contributed by atoms with Crippen molar-refractivity contribution in [2.45, 2.75) is 53.0 Å². The molecule has 1 unspecified atom stereocenters. The Kier molecular flexibility index (Phi) is 18.6. The normalized spacial score (nSPS) is 16.3. The maximum atomic E-state index is 13.3. The first-order chi connectivity index (χ1) is 20.9. The zero-order valence-corrected chi connectivity index (χ0v) is 28.5. The second kappa shape index (κ2) is 20.9. The topological polar surface area (TPSA) is 68.3 Å². The van der Waals surface area contributed by atoms with Crippen molar-refractivity contribution in [3.05, 3.63) is 83.9 Å². The molecule has 0 saturated carbocycles. The molecule has 0 bridgehead atoms. The highest BCUT2D eigenvalue weighted by molar-refractivity contribution is 6.76. The predicted octanol–water partition coefficient (Wildman–Crippen LogP) is 6.46. The van der Waals surface area contributed by atoms with Crippen LogP contribution < -0.4 is 0 Å². The van der Waals surface area contributed by atoms with Gasteiger partial charge in [-0.3, -0.25) is 14.6 Å². The summed E-state index contributed by atoms with van der Waals surface area (Å²) in [5.74, 6) is -1.05. The summed E-state index contributed by atoms with van der Waals surface area (Å²) in [5, 5.41) is 0. The third-order valence-electron chi connectivity index (χ3n) is 6.63. The Morgan fingerprint density at radius 1 is 0.955 bits per heavy atom. The number of hydrogen-bond acceptors (Lipinski definition) is 7. The van der Waals surface area contributed by atoms with Gasteiger partial charge in [0.25, 0.3) is 0 Å². The maximum absolute atomic E-state index is 13.3. The Morgan fingerprint density at radius 3 is 2.00 bits per heavy atom. The van der Waals surface area contributed by atoms with Crippen molar-refractivity contribution in [3.63, 3.8) is 0 Å². The number of methoxy groups -OCH3 is 1. The zero-order chi connectivity index (χ0) is 33.0. The monoisotopic (exact) mass is 634 g/mol. The molecule has 1 saturated heterocycles. The standard InChI is InChI=1S/C15H20FNO2.C13H23NOSi.C6H9FO2/c1-2-19-14(18)15(11-16)8-9-17(12-15)10-13-6-4-3-5-7-13;1-15-11-14(12-16(2,3)4)10-13-8-6-5-7-9-13;1-3-9-6(8)5(2)4-7/h3-7H,2,8-12H2,1H3;5-9H,10-12H2,1-4H3;2-4H2,1H3. The van der Waals surface area contributed by atoms with Crippen molar-refractivity contribution in [1.82, 2.24) is 9.80 Å². The van der Waals surface area contributed by atoms with Crippen LogP contribution in [0.3, 0.4) is 0 Å². The summed E-state index contributed by atoms with van der Waals surface area (Å²) in [7, 11) is 0.701. The third kappa shape index (κ3) is 15.2. The summed E-state index contributed by atoms with van der Waals surface area (Å²) >= 11 is 0. The largest absolute Gasteiger partial charge is 0.465 e. The van der Waals surface area contributed by atoms with Crippen LogP contribution in [0.1, 0.15) is 31.4 Å².